The molecule has 3 atom stereocenters. The van der Waals surface area contributed by atoms with Gasteiger partial charge in [-0.1, -0.05) is 22.0 Å². The minimum Gasteiger partial charge on any atom is -0.467 e. The number of thiophene rings is 1. The highest BCUT2D eigenvalue weighted by atomic mass is 79.9. The van der Waals surface area contributed by atoms with Crippen molar-refractivity contribution in [3.8, 4) is 23.2 Å². The molecule has 0 aliphatic carbocycles. The van der Waals surface area contributed by atoms with Crippen molar-refractivity contribution in [2.45, 2.75) is 43.8 Å². The maximum Gasteiger partial charge on any atom is 0.318 e. The van der Waals surface area contributed by atoms with Crippen LogP contribution in [0.5, 0.6) is 6.01 Å². The first-order valence-electron chi connectivity index (χ1n) is 13.7. The largest absolute Gasteiger partial charge is 0.467 e. The van der Waals surface area contributed by atoms with Crippen LogP contribution in [0.15, 0.2) is 22.7 Å². The number of anilines is 2. The van der Waals surface area contributed by atoms with Gasteiger partial charge in [0.15, 0.2) is 5.82 Å². The number of hydrogen-bond acceptors (Lipinski definition) is 9. The van der Waals surface area contributed by atoms with Crippen LogP contribution >= 0.6 is 27.3 Å². The molecule has 3 aliphatic heterocycles. The summed E-state index contributed by atoms with van der Waals surface area (Å²) in [5.41, 5.74) is 6.68. The molecule has 3 N–H and O–H groups in total. The molecule has 8 nitrogen and oxygen atoms in total. The number of hydrogen-bond donors (Lipinski definition) is 2. The minimum absolute atomic E-state index is 0.0438. The number of nitrogens with two attached hydrogens (primary N) is 1. The van der Waals surface area contributed by atoms with Crippen LogP contribution in [0.25, 0.3) is 32.1 Å². The van der Waals surface area contributed by atoms with E-state index < -0.39 is 11.6 Å². The Labute approximate surface area is 252 Å². The maximum absolute atomic E-state index is 16.2. The van der Waals surface area contributed by atoms with E-state index in [4.69, 9.17) is 15.2 Å². The van der Waals surface area contributed by atoms with Gasteiger partial charge in [0.2, 0.25) is 0 Å². The van der Waals surface area contributed by atoms with Crippen molar-refractivity contribution < 1.29 is 22.6 Å². The van der Waals surface area contributed by atoms with Gasteiger partial charge in [0.05, 0.1) is 49.3 Å². The molecule has 0 radical (unpaired) electrons. The first-order chi connectivity index (χ1) is 20.4. The number of aromatic nitrogens is 2. The lowest BCUT2D eigenvalue weighted by molar-refractivity contribution is 0.00984. The van der Waals surface area contributed by atoms with Gasteiger partial charge in [0.1, 0.15) is 28.2 Å². The number of halogens is 4. The average Bonchev–Trinajstić information content (AvgIpc) is 3.63. The van der Waals surface area contributed by atoms with E-state index in [0.717, 1.165) is 24.3 Å². The summed E-state index contributed by atoms with van der Waals surface area (Å²) in [5.74, 6) is -0.568. The number of fused-ring (bicyclic) bond motifs is 4. The Bertz CT molecular complexity index is 1690. The zero-order valence-corrected chi connectivity index (χ0v) is 25.1. The number of morpholine rings is 1. The van der Waals surface area contributed by atoms with Gasteiger partial charge >= 0.3 is 6.01 Å². The molecule has 7 rings (SSSR count). The zero-order chi connectivity index (χ0) is 29.5. The molecule has 5 heterocycles. The van der Waals surface area contributed by atoms with Gasteiger partial charge in [0.25, 0.3) is 0 Å². The van der Waals surface area contributed by atoms with Gasteiger partial charge in [-0.2, -0.15) is 15.2 Å². The minimum atomic E-state index is -0.630. The molecular weight excluding hydrogens is 633 g/mol. The van der Waals surface area contributed by atoms with Crippen LogP contribution in [0.2, 0.25) is 0 Å². The molecule has 3 unspecified atom stereocenters. The van der Waals surface area contributed by atoms with Crippen molar-refractivity contribution in [1.82, 2.24) is 15.3 Å². The number of rotatable bonds is 5. The highest BCUT2D eigenvalue weighted by Gasteiger charge is 2.44. The monoisotopic (exact) mass is 660 g/mol. The van der Waals surface area contributed by atoms with Crippen LogP contribution in [0, 0.1) is 23.0 Å². The summed E-state index contributed by atoms with van der Waals surface area (Å²) in [6, 6.07) is 7.34. The highest BCUT2D eigenvalue weighted by Crippen LogP contribution is 2.47. The van der Waals surface area contributed by atoms with Crippen LogP contribution in [0.3, 0.4) is 0 Å². The van der Waals surface area contributed by atoms with Gasteiger partial charge in [-0.3, -0.25) is 4.39 Å². The number of ether oxygens (including phenoxy) is 2. The van der Waals surface area contributed by atoms with Crippen LogP contribution < -0.4 is 20.7 Å². The topological polar surface area (TPSA) is 109 Å². The van der Waals surface area contributed by atoms with E-state index in [0.29, 0.717) is 46.9 Å². The van der Waals surface area contributed by atoms with Crippen LogP contribution in [0.1, 0.15) is 31.2 Å². The lowest BCUT2D eigenvalue weighted by Gasteiger charge is -2.53. The number of nitrogen functional groups attached to an aromatic ring is 1. The Morgan fingerprint density at radius 2 is 2.07 bits per heavy atom. The molecule has 4 aromatic rings. The van der Waals surface area contributed by atoms with E-state index >= 15 is 4.39 Å². The summed E-state index contributed by atoms with van der Waals surface area (Å²) < 4.78 is 53.9. The third kappa shape index (κ3) is 4.94. The van der Waals surface area contributed by atoms with Gasteiger partial charge in [-0.05, 0) is 49.9 Å². The first-order valence-corrected chi connectivity index (χ1v) is 15.3. The van der Waals surface area contributed by atoms with E-state index in [9.17, 15) is 14.0 Å². The molecule has 3 saturated heterocycles. The number of benzene rings is 2. The van der Waals surface area contributed by atoms with Crippen LogP contribution in [-0.2, 0) is 4.74 Å². The molecule has 13 heteroatoms. The van der Waals surface area contributed by atoms with Gasteiger partial charge in [-0.25, -0.2) is 8.78 Å². The second-order valence-electron chi connectivity index (χ2n) is 10.5. The van der Waals surface area contributed by atoms with E-state index in [1.165, 1.54) is 32.1 Å². The van der Waals surface area contributed by atoms with Crippen molar-refractivity contribution in [3.63, 3.8) is 0 Å². The van der Waals surface area contributed by atoms with E-state index in [1.54, 1.807) is 6.07 Å². The normalized spacial score (nSPS) is 21.1. The number of nitriles is 1. The Kier molecular flexibility index (Phi) is 8.15. The lowest BCUT2D eigenvalue weighted by atomic mass is 9.90. The van der Waals surface area contributed by atoms with Crippen molar-refractivity contribution in [1.29, 1.82) is 5.26 Å². The van der Waals surface area contributed by atoms with Gasteiger partial charge < -0.3 is 25.4 Å². The maximum atomic E-state index is 16.2. The predicted molar refractivity (Wildman–Crippen MR) is 161 cm³/mol. The van der Waals surface area contributed by atoms with Crippen molar-refractivity contribution in [3.05, 3.63) is 39.9 Å². The zero-order valence-electron chi connectivity index (χ0n) is 22.7. The average molecular weight is 662 g/mol. The predicted octanol–water partition coefficient (Wildman–Crippen LogP) is 6.09. The first kappa shape index (κ1) is 28.9. The third-order valence-electron chi connectivity index (χ3n) is 8.04. The molecule has 0 amide bonds. The summed E-state index contributed by atoms with van der Waals surface area (Å²) in [6.07, 6.45) is 4.09. The van der Waals surface area contributed by atoms with Crippen molar-refractivity contribution >= 4 is 59.1 Å². The number of alkyl halides is 1. The molecule has 0 spiro atoms. The summed E-state index contributed by atoms with van der Waals surface area (Å²) >= 11 is 4.47. The Balaban J connectivity index is 0.000000343. The summed E-state index contributed by atoms with van der Waals surface area (Å²) in [6.45, 7) is 2.08. The number of methoxy groups -OCH3 is 1. The Morgan fingerprint density at radius 1 is 1.29 bits per heavy atom. The molecule has 0 saturated carbocycles. The van der Waals surface area contributed by atoms with Gasteiger partial charge in [-0.15, -0.1) is 11.3 Å². The summed E-state index contributed by atoms with van der Waals surface area (Å²) in [4.78, 5) is 11.0. The number of nitrogens with zero attached hydrogens (tertiary/aromatic N) is 4. The molecule has 2 bridgehead atoms. The lowest BCUT2D eigenvalue weighted by Crippen LogP contribution is -2.64. The SMILES string of the molecule is COc1nc(N2C3COCC2C3)c2cc(Br)c(-c3ccc(F)c4sc(N)c(C#N)c34)c(F)c2n1.FCCC1CCCN1. The number of nitrogens with one attached hydrogen (secondary N) is 1. The molecule has 2 aromatic heterocycles. The third-order valence-corrected chi connectivity index (χ3v) is 9.69. The van der Waals surface area contributed by atoms with E-state index in [1.807, 2.05) is 6.07 Å². The fourth-order valence-corrected chi connectivity index (χ4v) is 7.59. The fraction of sp³-hybridized carbons (Fsp3) is 0.414. The van der Waals surface area contributed by atoms with Gasteiger partial charge in [0, 0.05) is 26.9 Å². The van der Waals surface area contributed by atoms with Crippen molar-refractivity contribution in [2.24, 2.45) is 0 Å². The van der Waals surface area contributed by atoms with E-state index in [2.05, 4.69) is 36.1 Å². The Hall–Kier alpha value is -3.18. The summed E-state index contributed by atoms with van der Waals surface area (Å²) in [5, 5.41) is 13.8. The van der Waals surface area contributed by atoms with E-state index in [-0.39, 0.29) is 56.5 Å². The smallest absolute Gasteiger partial charge is 0.318 e. The molecular formula is C29H28BrF3N6O2S. The molecule has 42 heavy (non-hydrogen) atoms. The molecule has 220 valence electrons. The summed E-state index contributed by atoms with van der Waals surface area (Å²) in [7, 11) is 1.43. The Morgan fingerprint density at radius 3 is 2.71 bits per heavy atom. The highest BCUT2D eigenvalue weighted by molar-refractivity contribution is 9.10. The fourth-order valence-electron chi connectivity index (χ4n) is 6.02. The molecule has 2 aromatic carbocycles. The van der Waals surface area contributed by atoms with Crippen LogP contribution in [-0.4, -0.2) is 61.6 Å². The van der Waals surface area contributed by atoms with Crippen molar-refractivity contribution in [2.75, 3.05) is 44.2 Å². The van der Waals surface area contributed by atoms with Crippen LogP contribution in [0.4, 0.5) is 24.0 Å². The standard InChI is InChI=1S/C23H16BrF2N5O2S.C6H12FN/c1-32-23-29-19-12(22(30-23)31-9-4-10(31)8-33-7-9)5-14(24)17(18(19)26)11-2-3-15(25)20-16(11)13(6-27)21(28)34-20;7-4-3-6-2-1-5-8-6/h2-3,5,9-10H,4,7-8,28H2,1H3;6,8H,1-5H2. The molecule has 3 fully saturated rings. The second-order valence-corrected chi connectivity index (χ2v) is 12.4. The quantitative estimate of drug-likeness (QED) is 0.265. The molecule has 3 aliphatic rings. The second kappa shape index (κ2) is 11.8.